The van der Waals surface area contributed by atoms with Crippen molar-refractivity contribution in [3.8, 4) is 0 Å². The number of unbranched alkanes of at least 4 members (excludes halogenated alkanes) is 1. The summed E-state index contributed by atoms with van der Waals surface area (Å²) in [5.74, 6) is 0.691. The number of carbonyl (C=O) groups excluding carboxylic acids is 1. The first-order valence-corrected chi connectivity index (χ1v) is 6.73. The largest absolute Gasteiger partial charge is 0.338 e. The van der Waals surface area contributed by atoms with E-state index in [2.05, 4.69) is 34.9 Å². The van der Waals surface area contributed by atoms with Crippen molar-refractivity contribution in [2.45, 2.75) is 19.3 Å². The molecule has 0 unspecified atom stereocenters. The highest BCUT2D eigenvalue weighted by molar-refractivity contribution is 6.17. The van der Waals surface area contributed by atoms with E-state index in [-0.39, 0.29) is 6.03 Å². The summed E-state index contributed by atoms with van der Waals surface area (Å²) in [5, 5.41) is 5.65. The summed E-state index contributed by atoms with van der Waals surface area (Å²) in [5.41, 5.74) is 3.18. The van der Waals surface area contributed by atoms with E-state index < -0.39 is 0 Å². The molecule has 0 spiro atoms. The van der Waals surface area contributed by atoms with Crippen molar-refractivity contribution >= 4 is 29.4 Å². The van der Waals surface area contributed by atoms with Crippen LogP contribution in [0.5, 0.6) is 0 Å². The smallest absolute Gasteiger partial charge is 0.319 e. The van der Waals surface area contributed by atoms with Gasteiger partial charge in [-0.25, -0.2) is 4.79 Å². The third kappa shape index (κ3) is 3.50. The van der Waals surface area contributed by atoms with E-state index >= 15 is 0 Å². The van der Waals surface area contributed by atoms with Crippen LogP contribution in [0.1, 0.15) is 24.0 Å². The molecule has 0 fully saturated rings. The number of benzene rings is 1. The van der Waals surface area contributed by atoms with Gasteiger partial charge in [-0.1, -0.05) is 24.3 Å². The lowest BCUT2D eigenvalue weighted by atomic mass is 10.1. The van der Waals surface area contributed by atoms with Crippen LogP contribution >= 0.6 is 11.6 Å². The maximum atomic E-state index is 11.4. The lowest BCUT2D eigenvalue weighted by molar-refractivity contribution is 0.252. The highest BCUT2D eigenvalue weighted by atomic mass is 35.5. The first-order valence-electron chi connectivity index (χ1n) is 6.20. The molecule has 0 radical (unpaired) electrons. The molecule has 0 aromatic heterocycles. The van der Waals surface area contributed by atoms with Crippen LogP contribution in [0.3, 0.4) is 0 Å². The molecule has 1 aliphatic heterocycles. The topological polar surface area (TPSA) is 41.1 Å². The van der Waals surface area contributed by atoms with Crippen molar-refractivity contribution in [2.24, 2.45) is 0 Å². The molecule has 0 atom stereocenters. The fourth-order valence-corrected chi connectivity index (χ4v) is 2.08. The number of halogens is 1. The number of carbonyl (C=O) groups is 1. The monoisotopic (exact) mass is 264 g/mol. The maximum Gasteiger partial charge on any atom is 0.319 e. The summed E-state index contributed by atoms with van der Waals surface area (Å²) in [6.45, 7) is 0.684. The second-order valence-electron chi connectivity index (χ2n) is 4.28. The Morgan fingerprint density at radius 2 is 2.28 bits per heavy atom. The molecular weight excluding hydrogens is 248 g/mol. The minimum absolute atomic E-state index is 0.128. The molecule has 2 N–H and O–H groups in total. The van der Waals surface area contributed by atoms with E-state index in [4.69, 9.17) is 11.6 Å². The molecule has 1 aromatic rings. The zero-order valence-electron chi connectivity index (χ0n) is 10.2. The van der Waals surface area contributed by atoms with Crippen LogP contribution in [0, 0.1) is 0 Å². The minimum atomic E-state index is -0.128. The fraction of sp³-hybridized carbons (Fsp3) is 0.357. The molecule has 0 saturated carbocycles. The number of rotatable bonds is 4. The van der Waals surface area contributed by atoms with Crippen molar-refractivity contribution in [1.82, 2.24) is 5.32 Å². The van der Waals surface area contributed by atoms with Gasteiger partial charge < -0.3 is 10.6 Å². The van der Waals surface area contributed by atoms with Crippen LogP contribution in [0.4, 0.5) is 10.5 Å². The Balaban J connectivity index is 2.10. The third-order valence-electron chi connectivity index (χ3n) is 2.88. The molecule has 0 bridgehead atoms. The number of hydrogen-bond donors (Lipinski definition) is 2. The van der Waals surface area contributed by atoms with Crippen LogP contribution < -0.4 is 10.6 Å². The molecule has 4 heteroatoms. The molecule has 0 saturated heterocycles. The van der Waals surface area contributed by atoms with Gasteiger partial charge in [-0.05, 0) is 36.5 Å². The molecule has 1 aromatic carbocycles. The fourth-order valence-electron chi connectivity index (χ4n) is 1.92. The van der Waals surface area contributed by atoms with E-state index in [1.165, 1.54) is 5.56 Å². The van der Waals surface area contributed by atoms with Gasteiger partial charge in [-0.3, -0.25) is 0 Å². The average molecular weight is 265 g/mol. The number of fused-ring (bicyclic) bond motifs is 1. The summed E-state index contributed by atoms with van der Waals surface area (Å²) in [7, 11) is 0. The average Bonchev–Trinajstić information content (AvgIpc) is 2.55. The number of anilines is 1. The van der Waals surface area contributed by atoms with E-state index in [1.54, 1.807) is 0 Å². The Morgan fingerprint density at radius 3 is 3.11 bits per heavy atom. The number of hydrogen-bond acceptors (Lipinski definition) is 1. The van der Waals surface area contributed by atoms with Gasteiger partial charge in [0.15, 0.2) is 0 Å². The van der Waals surface area contributed by atoms with Gasteiger partial charge in [-0.2, -0.15) is 0 Å². The van der Waals surface area contributed by atoms with Crippen LogP contribution in [0.15, 0.2) is 24.3 Å². The summed E-state index contributed by atoms with van der Waals surface area (Å²) in [4.78, 5) is 11.4. The lowest BCUT2D eigenvalue weighted by Gasteiger charge is -2.06. The molecule has 1 heterocycles. The summed E-state index contributed by atoms with van der Waals surface area (Å²) < 4.78 is 0. The predicted octanol–water partition coefficient (Wildman–Crippen LogP) is 3.40. The van der Waals surface area contributed by atoms with Crippen LogP contribution in [-0.2, 0) is 6.42 Å². The van der Waals surface area contributed by atoms with Crippen molar-refractivity contribution in [3.63, 3.8) is 0 Å². The van der Waals surface area contributed by atoms with Crippen LogP contribution in [0.2, 0.25) is 0 Å². The SMILES string of the molecule is O=C1NCCc2ccc(/C=C/CCCCl)cc2N1. The second-order valence-corrected chi connectivity index (χ2v) is 4.66. The Bertz CT molecular complexity index is 457. The Hall–Kier alpha value is -1.48. The van der Waals surface area contributed by atoms with Gasteiger partial charge in [0.05, 0.1) is 0 Å². The van der Waals surface area contributed by atoms with Crippen LogP contribution in [-0.4, -0.2) is 18.5 Å². The number of amides is 2. The van der Waals surface area contributed by atoms with Gasteiger partial charge in [0.1, 0.15) is 0 Å². The van der Waals surface area contributed by atoms with E-state index in [0.29, 0.717) is 12.4 Å². The molecule has 2 rings (SSSR count). The normalized spacial score (nSPS) is 14.8. The van der Waals surface area contributed by atoms with Crippen molar-refractivity contribution in [2.75, 3.05) is 17.7 Å². The molecule has 1 aliphatic rings. The quantitative estimate of drug-likeness (QED) is 0.635. The molecule has 3 nitrogen and oxygen atoms in total. The second kappa shape index (κ2) is 6.45. The van der Waals surface area contributed by atoms with Gasteiger partial charge >= 0.3 is 6.03 Å². The predicted molar refractivity (Wildman–Crippen MR) is 76.2 cm³/mol. The number of allylic oxidation sites excluding steroid dienone is 1. The zero-order chi connectivity index (χ0) is 12.8. The van der Waals surface area contributed by atoms with Gasteiger partial charge in [-0.15, -0.1) is 11.6 Å². The van der Waals surface area contributed by atoms with Crippen molar-refractivity contribution in [1.29, 1.82) is 0 Å². The summed E-state index contributed by atoms with van der Waals surface area (Å²) in [6.07, 6.45) is 7.01. The summed E-state index contributed by atoms with van der Waals surface area (Å²) >= 11 is 5.62. The molecular formula is C14H17ClN2O. The number of nitrogens with one attached hydrogen (secondary N) is 2. The third-order valence-corrected chi connectivity index (χ3v) is 3.14. The van der Waals surface area contributed by atoms with E-state index in [0.717, 1.165) is 30.5 Å². The minimum Gasteiger partial charge on any atom is -0.338 e. The first kappa shape index (κ1) is 13.0. The standard InChI is InChI=1S/C14H17ClN2O/c15-8-3-1-2-4-11-5-6-12-7-9-16-14(18)17-13(12)10-11/h2,4-6,10H,1,3,7-9H2,(H2,16,17,18)/b4-2+. The van der Waals surface area contributed by atoms with Gasteiger partial charge in [0, 0.05) is 18.1 Å². The first-order chi connectivity index (χ1) is 8.79. The van der Waals surface area contributed by atoms with E-state index in [1.807, 2.05) is 6.07 Å². The lowest BCUT2D eigenvalue weighted by Crippen LogP contribution is -2.27. The van der Waals surface area contributed by atoms with Crippen molar-refractivity contribution < 1.29 is 4.79 Å². The Labute approximate surface area is 112 Å². The highest BCUT2D eigenvalue weighted by Crippen LogP contribution is 2.21. The molecule has 96 valence electrons. The molecule has 2 amide bonds. The molecule has 0 aliphatic carbocycles. The number of urea groups is 1. The summed E-state index contributed by atoms with van der Waals surface area (Å²) in [6, 6.07) is 6.03. The van der Waals surface area contributed by atoms with Crippen LogP contribution in [0.25, 0.3) is 6.08 Å². The maximum absolute atomic E-state index is 11.4. The number of alkyl halides is 1. The van der Waals surface area contributed by atoms with Gasteiger partial charge in [0.25, 0.3) is 0 Å². The Morgan fingerprint density at radius 1 is 1.39 bits per heavy atom. The Kier molecular flexibility index (Phi) is 4.65. The zero-order valence-corrected chi connectivity index (χ0v) is 11.0. The van der Waals surface area contributed by atoms with E-state index in [9.17, 15) is 4.79 Å². The highest BCUT2D eigenvalue weighted by Gasteiger charge is 2.11. The molecule has 18 heavy (non-hydrogen) atoms. The van der Waals surface area contributed by atoms with Gasteiger partial charge in [0.2, 0.25) is 0 Å². The van der Waals surface area contributed by atoms with Crippen molar-refractivity contribution in [3.05, 3.63) is 35.4 Å².